The number of hydrogen-bond donors (Lipinski definition) is 0. The standard InChI is InChI=1S/C21H22N4O/c1-13(2)16-6-5-7-17(14(3)4)20(16)25-21(22-11-24-25)15-8-9-19-18(10-15)23-12-26-19/h5-14H,1-4H3. The first-order valence-corrected chi connectivity index (χ1v) is 8.93. The molecule has 0 fully saturated rings. The Labute approximate surface area is 152 Å². The van der Waals surface area contributed by atoms with Gasteiger partial charge in [-0.25, -0.2) is 14.6 Å². The van der Waals surface area contributed by atoms with E-state index in [2.05, 4.69) is 61.0 Å². The molecule has 4 aromatic rings. The molecule has 0 aliphatic heterocycles. The first-order chi connectivity index (χ1) is 12.6. The van der Waals surface area contributed by atoms with Gasteiger partial charge in [0.1, 0.15) is 11.8 Å². The summed E-state index contributed by atoms with van der Waals surface area (Å²) in [6.45, 7) is 8.84. The van der Waals surface area contributed by atoms with E-state index in [0.29, 0.717) is 11.8 Å². The molecule has 0 saturated carbocycles. The second kappa shape index (κ2) is 6.41. The van der Waals surface area contributed by atoms with Crippen LogP contribution in [-0.2, 0) is 0 Å². The molecule has 0 N–H and O–H groups in total. The van der Waals surface area contributed by atoms with E-state index in [9.17, 15) is 0 Å². The fourth-order valence-corrected chi connectivity index (χ4v) is 3.36. The summed E-state index contributed by atoms with van der Waals surface area (Å²) in [6.07, 6.45) is 3.08. The summed E-state index contributed by atoms with van der Waals surface area (Å²) in [7, 11) is 0. The average molecular weight is 346 g/mol. The van der Waals surface area contributed by atoms with Gasteiger partial charge in [-0.3, -0.25) is 0 Å². The Morgan fingerprint density at radius 1 is 0.923 bits per heavy atom. The van der Waals surface area contributed by atoms with Crippen molar-refractivity contribution in [3.05, 3.63) is 60.2 Å². The predicted molar refractivity (Wildman–Crippen MR) is 103 cm³/mol. The van der Waals surface area contributed by atoms with Crippen LogP contribution in [-0.4, -0.2) is 19.7 Å². The van der Waals surface area contributed by atoms with Gasteiger partial charge in [-0.1, -0.05) is 45.9 Å². The predicted octanol–water partition coefficient (Wildman–Crippen LogP) is 5.32. The van der Waals surface area contributed by atoms with Crippen molar-refractivity contribution in [2.45, 2.75) is 39.5 Å². The van der Waals surface area contributed by atoms with Crippen LogP contribution in [0.25, 0.3) is 28.2 Å². The minimum atomic E-state index is 0.388. The zero-order valence-corrected chi connectivity index (χ0v) is 15.5. The molecule has 26 heavy (non-hydrogen) atoms. The second-order valence-electron chi connectivity index (χ2n) is 7.12. The Kier molecular flexibility index (Phi) is 4.07. The molecule has 0 amide bonds. The van der Waals surface area contributed by atoms with Gasteiger partial charge < -0.3 is 4.42 Å². The Morgan fingerprint density at radius 2 is 1.65 bits per heavy atom. The maximum Gasteiger partial charge on any atom is 0.181 e. The summed E-state index contributed by atoms with van der Waals surface area (Å²) in [5.41, 5.74) is 6.22. The van der Waals surface area contributed by atoms with Crippen LogP contribution in [0.4, 0.5) is 0 Å². The smallest absolute Gasteiger partial charge is 0.181 e. The number of benzene rings is 2. The zero-order valence-electron chi connectivity index (χ0n) is 15.5. The number of para-hydroxylation sites is 1. The van der Waals surface area contributed by atoms with E-state index in [1.807, 2.05) is 22.9 Å². The summed E-state index contributed by atoms with van der Waals surface area (Å²) < 4.78 is 7.32. The Balaban J connectivity index is 1.95. The van der Waals surface area contributed by atoms with Gasteiger partial charge in [-0.15, -0.1) is 0 Å². The van der Waals surface area contributed by atoms with Crippen LogP contribution in [0.1, 0.15) is 50.7 Å². The first kappa shape index (κ1) is 16.5. The number of oxazole rings is 1. The van der Waals surface area contributed by atoms with Gasteiger partial charge in [-0.2, -0.15) is 5.10 Å². The zero-order chi connectivity index (χ0) is 18.3. The van der Waals surface area contributed by atoms with E-state index in [1.54, 1.807) is 6.33 Å². The first-order valence-electron chi connectivity index (χ1n) is 8.93. The Hall–Kier alpha value is -2.95. The third-order valence-corrected chi connectivity index (χ3v) is 4.69. The van der Waals surface area contributed by atoms with Crippen LogP contribution >= 0.6 is 0 Å². The minimum Gasteiger partial charge on any atom is -0.443 e. The van der Waals surface area contributed by atoms with Crippen molar-refractivity contribution >= 4 is 11.1 Å². The molecule has 2 aromatic carbocycles. The monoisotopic (exact) mass is 346 g/mol. The fraction of sp³-hybridized carbons (Fsp3) is 0.286. The second-order valence-corrected chi connectivity index (χ2v) is 7.12. The molecule has 5 nitrogen and oxygen atoms in total. The lowest BCUT2D eigenvalue weighted by Gasteiger charge is -2.20. The molecular weight excluding hydrogens is 324 g/mol. The maximum absolute atomic E-state index is 5.35. The number of rotatable bonds is 4. The van der Waals surface area contributed by atoms with Crippen molar-refractivity contribution < 1.29 is 4.42 Å². The fourth-order valence-electron chi connectivity index (χ4n) is 3.36. The van der Waals surface area contributed by atoms with Crippen molar-refractivity contribution in [3.63, 3.8) is 0 Å². The molecule has 0 bridgehead atoms. The maximum atomic E-state index is 5.35. The minimum absolute atomic E-state index is 0.388. The molecule has 0 spiro atoms. The van der Waals surface area contributed by atoms with Crippen molar-refractivity contribution in [2.75, 3.05) is 0 Å². The molecule has 0 unspecified atom stereocenters. The average Bonchev–Trinajstić information content (AvgIpc) is 3.29. The lowest BCUT2D eigenvalue weighted by Crippen LogP contribution is -2.09. The Morgan fingerprint density at radius 3 is 2.35 bits per heavy atom. The summed E-state index contributed by atoms with van der Waals surface area (Å²) in [5.74, 6) is 1.59. The quantitative estimate of drug-likeness (QED) is 0.501. The number of fused-ring (bicyclic) bond motifs is 1. The molecule has 0 radical (unpaired) electrons. The van der Waals surface area contributed by atoms with Crippen molar-refractivity contribution in [2.24, 2.45) is 0 Å². The third-order valence-electron chi connectivity index (χ3n) is 4.69. The van der Waals surface area contributed by atoms with E-state index in [1.165, 1.54) is 17.5 Å². The van der Waals surface area contributed by atoms with Gasteiger partial charge >= 0.3 is 0 Å². The highest BCUT2D eigenvalue weighted by Crippen LogP contribution is 2.33. The summed E-state index contributed by atoms with van der Waals surface area (Å²) >= 11 is 0. The molecule has 0 aliphatic carbocycles. The van der Waals surface area contributed by atoms with Crippen molar-refractivity contribution in [1.29, 1.82) is 0 Å². The number of nitrogens with zero attached hydrogens (tertiary/aromatic N) is 4. The molecule has 2 heterocycles. The highest BCUT2D eigenvalue weighted by atomic mass is 16.3. The van der Waals surface area contributed by atoms with Gasteiger partial charge in [0.25, 0.3) is 0 Å². The van der Waals surface area contributed by atoms with Crippen molar-refractivity contribution in [1.82, 2.24) is 19.7 Å². The largest absolute Gasteiger partial charge is 0.443 e. The van der Waals surface area contributed by atoms with Gasteiger partial charge in [0.05, 0.1) is 5.69 Å². The van der Waals surface area contributed by atoms with Crippen LogP contribution in [0.2, 0.25) is 0 Å². The molecule has 2 aromatic heterocycles. The molecule has 0 aliphatic rings. The van der Waals surface area contributed by atoms with Crippen LogP contribution in [0.5, 0.6) is 0 Å². The van der Waals surface area contributed by atoms with E-state index in [0.717, 1.165) is 28.2 Å². The van der Waals surface area contributed by atoms with Crippen LogP contribution in [0.15, 0.2) is 53.5 Å². The van der Waals surface area contributed by atoms with E-state index >= 15 is 0 Å². The SMILES string of the molecule is CC(C)c1cccc(C(C)C)c1-n1ncnc1-c1ccc2ocnc2c1. The lowest BCUT2D eigenvalue weighted by molar-refractivity contribution is 0.602. The summed E-state index contributed by atoms with van der Waals surface area (Å²) in [5, 5.41) is 4.58. The van der Waals surface area contributed by atoms with Gasteiger partial charge in [-0.05, 0) is 41.2 Å². The highest BCUT2D eigenvalue weighted by molar-refractivity contribution is 5.78. The number of hydrogen-bond acceptors (Lipinski definition) is 4. The topological polar surface area (TPSA) is 56.7 Å². The highest BCUT2D eigenvalue weighted by Gasteiger charge is 2.20. The van der Waals surface area contributed by atoms with Crippen molar-refractivity contribution in [3.8, 4) is 17.1 Å². The third kappa shape index (κ3) is 2.69. The van der Waals surface area contributed by atoms with Gasteiger partial charge in [0.2, 0.25) is 0 Å². The van der Waals surface area contributed by atoms with E-state index < -0.39 is 0 Å². The molecule has 5 heteroatoms. The van der Waals surface area contributed by atoms with Gasteiger partial charge in [0, 0.05) is 5.56 Å². The molecule has 132 valence electrons. The summed E-state index contributed by atoms with van der Waals surface area (Å²) in [6, 6.07) is 12.4. The molecule has 0 saturated heterocycles. The summed E-state index contributed by atoms with van der Waals surface area (Å²) in [4.78, 5) is 8.81. The van der Waals surface area contributed by atoms with Crippen LogP contribution < -0.4 is 0 Å². The van der Waals surface area contributed by atoms with Crippen LogP contribution in [0.3, 0.4) is 0 Å². The lowest BCUT2D eigenvalue weighted by atomic mass is 9.92. The number of aromatic nitrogens is 4. The molecule has 4 rings (SSSR count). The molecular formula is C21H22N4O. The Bertz CT molecular complexity index is 1030. The van der Waals surface area contributed by atoms with E-state index in [4.69, 9.17) is 4.42 Å². The van der Waals surface area contributed by atoms with Crippen LogP contribution in [0, 0.1) is 0 Å². The van der Waals surface area contributed by atoms with E-state index in [-0.39, 0.29) is 0 Å². The molecule has 0 atom stereocenters. The normalized spacial score (nSPS) is 11.8. The van der Waals surface area contributed by atoms with Gasteiger partial charge in [0.15, 0.2) is 17.8 Å².